The molecule has 0 amide bonds. The van der Waals surface area contributed by atoms with Gasteiger partial charge >= 0.3 is 11.9 Å². The maximum absolute atomic E-state index is 9.55. The van der Waals surface area contributed by atoms with Crippen LogP contribution in [0.25, 0.3) is 5.57 Å². The van der Waals surface area contributed by atoms with Crippen molar-refractivity contribution < 1.29 is 19.8 Å². The van der Waals surface area contributed by atoms with Crippen LogP contribution < -0.4 is 0 Å². The third-order valence-electron chi connectivity index (χ3n) is 2.54. The molecule has 0 radical (unpaired) electrons. The number of carbonyl (C=O) groups is 2. The first kappa shape index (κ1) is 17.4. The molecule has 0 aliphatic carbocycles. The van der Waals surface area contributed by atoms with Crippen LogP contribution in [-0.2, 0) is 9.59 Å². The number of hydrogen-bond donors (Lipinski definition) is 2. The second-order valence-corrected chi connectivity index (χ2v) is 5.70. The van der Waals surface area contributed by atoms with Gasteiger partial charge in [-0.3, -0.25) is 0 Å². The monoisotopic (exact) mass is 330 g/mol. The summed E-state index contributed by atoms with van der Waals surface area (Å²) in [6.45, 7) is 2.09. The van der Waals surface area contributed by atoms with Gasteiger partial charge in [-0.25, -0.2) is 14.6 Å². The first-order valence-electron chi connectivity index (χ1n) is 6.01. The average molecular weight is 331 g/mol. The lowest BCUT2D eigenvalue weighted by molar-refractivity contribution is -0.134. The molecule has 21 heavy (non-hydrogen) atoms. The molecule has 0 aromatic carbocycles. The molecule has 0 fully saturated rings. The zero-order valence-corrected chi connectivity index (χ0v) is 12.9. The summed E-state index contributed by atoms with van der Waals surface area (Å²) in [4.78, 5) is 25.7. The Morgan fingerprint density at radius 1 is 1.38 bits per heavy atom. The molecule has 0 unspecified atom stereocenters. The lowest BCUT2D eigenvalue weighted by atomic mass is 10.1. The number of hydrogen-bond acceptors (Lipinski definition) is 5. The van der Waals surface area contributed by atoms with Crippen molar-refractivity contribution in [3.63, 3.8) is 0 Å². The van der Waals surface area contributed by atoms with Crippen molar-refractivity contribution in [1.82, 2.24) is 9.88 Å². The molecular weight excluding hydrogens is 316 g/mol. The van der Waals surface area contributed by atoms with E-state index in [0.29, 0.717) is 12.2 Å². The highest BCUT2D eigenvalue weighted by atomic mass is 35.5. The number of aromatic nitrogens is 1. The van der Waals surface area contributed by atoms with Gasteiger partial charge in [-0.05, 0) is 19.0 Å². The van der Waals surface area contributed by atoms with Gasteiger partial charge in [0.1, 0.15) is 4.34 Å². The van der Waals surface area contributed by atoms with Crippen LogP contribution in [0.5, 0.6) is 0 Å². The average Bonchev–Trinajstić information content (AvgIpc) is 2.83. The molecule has 0 spiro atoms. The molecule has 0 saturated heterocycles. The normalized spacial score (nSPS) is 15.2. The molecule has 114 valence electrons. The summed E-state index contributed by atoms with van der Waals surface area (Å²) in [7, 11) is 2.12. The highest BCUT2D eigenvalue weighted by Gasteiger charge is 2.14. The Hall–Kier alpha value is -1.70. The maximum atomic E-state index is 9.55. The summed E-state index contributed by atoms with van der Waals surface area (Å²) in [6.07, 6.45) is 4.45. The first-order valence-corrected chi connectivity index (χ1v) is 7.26. The van der Waals surface area contributed by atoms with Crippen LogP contribution in [0.15, 0.2) is 23.7 Å². The Morgan fingerprint density at radius 3 is 2.43 bits per heavy atom. The van der Waals surface area contributed by atoms with Crippen molar-refractivity contribution in [3.8, 4) is 0 Å². The minimum Gasteiger partial charge on any atom is -0.478 e. The van der Waals surface area contributed by atoms with Gasteiger partial charge in [0.2, 0.25) is 0 Å². The Labute approximate surface area is 131 Å². The standard InChI is InChI=1S/C9H11ClN2S.C4H4O4/c1-12-4-2-3-7(5-12)8-9(10)13-6-11-8;5-3(6)1-2-4(7)8/h3,6H,2,4-5H2,1H3;1-2H,(H,5,6)(H,7,8). The minimum atomic E-state index is -1.26. The van der Waals surface area contributed by atoms with Crippen molar-refractivity contribution in [2.45, 2.75) is 6.42 Å². The van der Waals surface area contributed by atoms with Gasteiger partial charge in [-0.2, -0.15) is 0 Å². The lowest BCUT2D eigenvalue weighted by Crippen LogP contribution is -2.25. The topological polar surface area (TPSA) is 90.7 Å². The third kappa shape index (κ3) is 6.52. The van der Waals surface area contributed by atoms with E-state index in [-0.39, 0.29) is 0 Å². The van der Waals surface area contributed by atoms with Crippen molar-refractivity contribution in [3.05, 3.63) is 33.8 Å². The van der Waals surface area contributed by atoms with Crippen LogP contribution in [0, 0.1) is 0 Å². The molecule has 2 rings (SSSR count). The van der Waals surface area contributed by atoms with E-state index in [0.717, 1.165) is 29.5 Å². The van der Waals surface area contributed by atoms with Crippen molar-refractivity contribution in [1.29, 1.82) is 0 Å². The van der Waals surface area contributed by atoms with Gasteiger partial charge in [-0.1, -0.05) is 17.7 Å². The first-order chi connectivity index (χ1) is 9.90. The molecule has 1 aromatic rings. The van der Waals surface area contributed by atoms with Crippen LogP contribution in [-0.4, -0.2) is 52.2 Å². The van der Waals surface area contributed by atoms with Gasteiger partial charge in [0.15, 0.2) is 0 Å². The molecule has 6 nitrogen and oxygen atoms in total. The molecule has 1 aliphatic heterocycles. The van der Waals surface area contributed by atoms with Gasteiger partial charge in [0.05, 0.1) is 11.2 Å². The van der Waals surface area contributed by atoms with Crippen LogP contribution in [0.4, 0.5) is 0 Å². The fourth-order valence-corrected chi connectivity index (χ4v) is 2.48. The molecule has 0 bridgehead atoms. The molecule has 8 heteroatoms. The van der Waals surface area contributed by atoms with E-state index in [4.69, 9.17) is 21.8 Å². The quantitative estimate of drug-likeness (QED) is 0.826. The van der Waals surface area contributed by atoms with E-state index >= 15 is 0 Å². The number of nitrogens with zero attached hydrogens (tertiary/aromatic N) is 2. The molecule has 1 aromatic heterocycles. The molecular formula is C13H15ClN2O4S. The van der Waals surface area contributed by atoms with E-state index in [1.54, 1.807) is 5.51 Å². The van der Waals surface area contributed by atoms with Gasteiger partial charge in [0.25, 0.3) is 0 Å². The molecule has 2 N–H and O–H groups in total. The van der Waals surface area contributed by atoms with Crippen molar-refractivity contribution in [2.75, 3.05) is 20.1 Å². The fraction of sp³-hybridized carbons (Fsp3) is 0.308. The minimum absolute atomic E-state index is 0.558. The van der Waals surface area contributed by atoms with Crippen molar-refractivity contribution in [2.24, 2.45) is 0 Å². The van der Waals surface area contributed by atoms with E-state index in [1.165, 1.54) is 16.9 Å². The van der Waals surface area contributed by atoms with Gasteiger partial charge < -0.3 is 15.1 Å². The lowest BCUT2D eigenvalue weighted by Gasteiger charge is -2.21. The smallest absolute Gasteiger partial charge is 0.328 e. The van der Waals surface area contributed by atoms with E-state index < -0.39 is 11.9 Å². The van der Waals surface area contributed by atoms with Crippen LogP contribution in [0.1, 0.15) is 12.1 Å². The maximum Gasteiger partial charge on any atom is 0.328 e. The second kappa shape index (κ2) is 8.56. The molecule has 0 saturated carbocycles. The highest BCUT2D eigenvalue weighted by Crippen LogP contribution is 2.28. The second-order valence-electron chi connectivity index (χ2n) is 4.24. The molecule has 0 atom stereocenters. The molecule has 2 heterocycles. The fourth-order valence-electron chi connectivity index (χ4n) is 1.65. The summed E-state index contributed by atoms with van der Waals surface area (Å²) in [5.41, 5.74) is 4.03. The summed E-state index contributed by atoms with van der Waals surface area (Å²) in [5.74, 6) is -2.51. The van der Waals surface area contributed by atoms with Gasteiger partial charge in [-0.15, -0.1) is 11.3 Å². The Kier molecular flexibility index (Phi) is 7.07. The number of rotatable bonds is 3. The SMILES string of the molecule is CN1CCC=C(c2ncsc2Cl)C1.O=C(O)C=CC(=O)O. The van der Waals surface area contributed by atoms with E-state index in [9.17, 15) is 9.59 Å². The van der Waals surface area contributed by atoms with Gasteiger partial charge in [0, 0.05) is 25.2 Å². The Bertz CT molecular complexity index is 552. The van der Waals surface area contributed by atoms with Crippen LogP contribution in [0.2, 0.25) is 4.34 Å². The molecule has 1 aliphatic rings. The number of carboxylic acid groups (broad SMARTS) is 2. The van der Waals surface area contributed by atoms with Crippen LogP contribution >= 0.6 is 22.9 Å². The number of carboxylic acids is 2. The zero-order chi connectivity index (χ0) is 15.8. The predicted molar refractivity (Wildman–Crippen MR) is 81.6 cm³/mol. The largest absolute Gasteiger partial charge is 0.478 e. The summed E-state index contributed by atoms with van der Waals surface area (Å²) in [5, 5.41) is 15.6. The Morgan fingerprint density at radius 2 is 2.00 bits per heavy atom. The number of halogens is 1. The highest BCUT2D eigenvalue weighted by molar-refractivity contribution is 7.14. The van der Waals surface area contributed by atoms with E-state index in [1.807, 2.05) is 0 Å². The predicted octanol–water partition coefficient (Wildman–Crippen LogP) is 2.23. The summed E-state index contributed by atoms with van der Waals surface area (Å²) < 4.78 is 0.807. The summed E-state index contributed by atoms with van der Waals surface area (Å²) >= 11 is 7.51. The van der Waals surface area contributed by atoms with Crippen LogP contribution in [0.3, 0.4) is 0 Å². The number of likely N-dealkylation sites (N-methyl/N-ethyl adjacent to an activating group) is 1. The third-order valence-corrected chi connectivity index (χ3v) is 3.60. The number of thiazole rings is 1. The van der Waals surface area contributed by atoms with E-state index in [2.05, 4.69) is 23.0 Å². The van der Waals surface area contributed by atoms with Crippen molar-refractivity contribution >= 4 is 40.4 Å². The zero-order valence-electron chi connectivity index (χ0n) is 11.3. The Balaban J connectivity index is 0.000000240. The summed E-state index contributed by atoms with van der Waals surface area (Å²) in [6, 6.07) is 0. The number of aliphatic carboxylic acids is 2.